The third-order valence-corrected chi connectivity index (χ3v) is 5.05. The second-order valence-corrected chi connectivity index (χ2v) is 6.44. The zero-order valence-electron chi connectivity index (χ0n) is 13.2. The molecule has 22 heavy (non-hydrogen) atoms. The van der Waals surface area contributed by atoms with Gasteiger partial charge in [0, 0.05) is 26.1 Å². The molecule has 1 aromatic heterocycles. The number of methoxy groups -OCH3 is 1. The Kier molecular flexibility index (Phi) is 3.37. The lowest BCUT2D eigenvalue weighted by atomic mass is 9.94. The van der Waals surface area contributed by atoms with Gasteiger partial charge >= 0.3 is 0 Å². The highest BCUT2D eigenvalue weighted by Gasteiger charge is 2.38. The molecule has 2 atom stereocenters. The zero-order chi connectivity index (χ0) is 15.1. The van der Waals surface area contributed by atoms with Crippen molar-refractivity contribution >= 4 is 0 Å². The summed E-state index contributed by atoms with van der Waals surface area (Å²) in [5.74, 6) is 3.89. The molecule has 3 heterocycles. The number of fused-ring (bicyclic) bond motifs is 3. The Bertz CT molecular complexity index is 664. The van der Waals surface area contributed by atoms with Gasteiger partial charge in [-0.1, -0.05) is 12.1 Å². The van der Waals surface area contributed by atoms with Crippen LogP contribution in [-0.4, -0.2) is 39.9 Å². The summed E-state index contributed by atoms with van der Waals surface area (Å²) in [7, 11) is 1.71. The molecule has 1 fully saturated rings. The van der Waals surface area contributed by atoms with Crippen molar-refractivity contribution in [3.05, 3.63) is 41.5 Å². The van der Waals surface area contributed by atoms with Crippen molar-refractivity contribution in [1.29, 1.82) is 0 Å². The van der Waals surface area contributed by atoms with Crippen molar-refractivity contribution in [1.82, 2.24) is 19.7 Å². The molecule has 2 aliphatic rings. The Morgan fingerprint density at radius 2 is 2.00 bits per heavy atom. The standard InChI is InChI=1S/C17H22N4O/c1-12-18-19-17-8-5-14-10-20(11-16(14)21(12)17)9-13-3-6-15(22-2)7-4-13/h3-4,6-7,14,16H,5,8-11H2,1-2H3/t14-,16+/m1/s1. The maximum absolute atomic E-state index is 5.23. The van der Waals surface area contributed by atoms with Crippen molar-refractivity contribution in [2.75, 3.05) is 20.2 Å². The Hall–Kier alpha value is -1.88. The van der Waals surface area contributed by atoms with Crippen LogP contribution in [0, 0.1) is 12.8 Å². The number of ether oxygens (including phenoxy) is 1. The van der Waals surface area contributed by atoms with Gasteiger partial charge in [-0.3, -0.25) is 4.90 Å². The minimum atomic E-state index is 0.553. The van der Waals surface area contributed by atoms with Crippen LogP contribution in [0.4, 0.5) is 0 Å². The lowest BCUT2D eigenvalue weighted by Gasteiger charge is -2.27. The van der Waals surface area contributed by atoms with Crippen LogP contribution >= 0.6 is 0 Å². The molecule has 0 bridgehead atoms. The first-order valence-corrected chi connectivity index (χ1v) is 8.00. The normalized spacial score (nSPS) is 24.1. The molecule has 1 aromatic carbocycles. The Morgan fingerprint density at radius 1 is 1.18 bits per heavy atom. The number of hydrogen-bond acceptors (Lipinski definition) is 4. The molecule has 0 unspecified atom stereocenters. The third-order valence-electron chi connectivity index (χ3n) is 5.05. The van der Waals surface area contributed by atoms with E-state index in [2.05, 4.69) is 38.7 Å². The van der Waals surface area contributed by atoms with Crippen LogP contribution in [0.1, 0.15) is 29.7 Å². The lowest BCUT2D eigenvalue weighted by molar-refractivity contribution is 0.313. The van der Waals surface area contributed by atoms with Crippen LogP contribution in [0.25, 0.3) is 0 Å². The largest absolute Gasteiger partial charge is 0.497 e. The Balaban J connectivity index is 1.49. The van der Waals surface area contributed by atoms with Gasteiger partial charge in [-0.2, -0.15) is 0 Å². The van der Waals surface area contributed by atoms with Crippen molar-refractivity contribution in [2.24, 2.45) is 5.92 Å². The fourth-order valence-corrected chi connectivity index (χ4v) is 3.97. The molecule has 0 radical (unpaired) electrons. The third kappa shape index (κ3) is 2.29. The van der Waals surface area contributed by atoms with Gasteiger partial charge in [-0.25, -0.2) is 0 Å². The van der Waals surface area contributed by atoms with Crippen LogP contribution in [0.2, 0.25) is 0 Å². The van der Waals surface area contributed by atoms with Gasteiger partial charge in [0.2, 0.25) is 0 Å². The molecule has 4 rings (SSSR count). The zero-order valence-corrected chi connectivity index (χ0v) is 13.2. The Labute approximate surface area is 130 Å². The summed E-state index contributed by atoms with van der Waals surface area (Å²) >= 11 is 0. The topological polar surface area (TPSA) is 43.2 Å². The summed E-state index contributed by atoms with van der Waals surface area (Å²) < 4.78 is 7.61. The summed E-state index contributed by atoms with van der Waals surface area (Å²) in [6.45, 7) is 5.36. The maximum Gasteiger partial charge on any atom is 0.133 e. The average Bonchev–Trinajstić information content (AvgIpc) is 3.11. The molecule has 5 heteroatoms. The second kappa shape index (κ2) is 5.39. The van der Waals surface area contributed by atoms with Gasteiger partial charge in [0.1, 0.15) is 17.4 Å². The monoisotopic (exact) mass is 298 g/mol. The van der Waals surface area contributed by atoms with E-state index in [4.69, 9.17) is 4.74 Å². The molecule has 0 saturated carbocycles. The van der Waals surface area contributed by atoms with E-state index in [1.165, 1.54) is 24.4 Å². The molecular formula is C17H22N4O. The summed E-state index contributed by atoms with van der Waals surface area (Å²) in [5.41, 5.74) is 1.35. The number of hydrogen-bond donors (Lipinski definition) is 0. The van der Waals surface area contributed by atoms with Gasteiger partial charge < -0.3 is 9.30 Å². The van der Waals surface area contributed by atoms with Crippen molar-refractivity contribution in [2.45, 2.75) is 32.4 Å². The summed E-state index contributed by atoms with van der Waals surface area (Å²) in [6.07, 6.45) is 2.31. The molecule has 2 aromatic rings. The van der Waals surface area contributed by atoms with E-state index in [9.17, 15) is 0 Å². The molecule has 0 aliphatic carbocycles. The molecule has 0 N–H and O–H groups in total. The lowest BCUT2D eigenvalue weighted by Crippen LogP contribution is -2.26. The summed E-state index contributed by atoms with van der Waals surface area (Å²) in [4.78, 5) is 2.56. The number of rotatable bonds is 3. The number of nitrogens with zero attached hydrogens (tertiary/aromatic N) is 4. The minimum absolute atomic E-state index is 0.553. The van der Waals surface area contributed by atoms with Gasteiger partial charge in [-0.15, -0.1) is 10.2 Å². The molecule has 1 saturated heterocycles. The van der Waals surface area contributed by atoms with E-state index in [1.807, 2.05) is 12.1 Å². The molecule has 5 nitrogen and oxygen atoms in total. The van der Waals surface area contributed by atoms with Gasteiger partial charge in [0.25, 0.3) is 0 Å². The van der Waals surface area contributed by atoms with Crippen molar-refractivity contribution in [3.63, 3.8) is 0 Å². The molecular weight excluding hydrogens is 276 g/mol. The highest BCUT2D eigenvalue weighted by Crippen LogP contribution is 2.37. The fourth-order valence-electron chi connectivity index (χ4n) is 3.97. The minimum Gasteiger partial charge on any atom is -0.497 e. The van der Waals surface area contributed by atoms with Crippen molar-refractivity contribution < 1.29 is 4.74 Å². The second-order valence-electron chi connectivity index (χ2n) is 6.44. The van der Waals surface area contributed by atoms with E-state index in [0.717, 1.165) is 37.0 Å². The van der Waals surface area contributed by atoms with Crippen LogP contribution in [0.5, 0.6) is 5.75 Å². The Morgan fingerprint density at radius 3 is 2.77 bits per heavy atom. The number of benzene rings is 1. The SMILES string of the molecule is COc1ccc(CN2C[C@H]3CCc4nnc(C)n4[C@H]3C2)cc1. The maximum atomic E-state index is 5.23. The highest BCUT2D eigenvalue weighted by molar-refractivity contribution is 5.27. The molecule has 116 valence electrons. The van der Waals surface area contributed by atoms with E-state index in [0.29, 0.717) is 6.04 Å². The van der Waals surface area contributed by atoms with Crippen LogP contribution < -0.4 is 4.74 Å². The van der Waals surface area contributed by atoms with Crippen molar-refractivity contribution in [3.8, 4) is 5.75 Å². The van der Waals surface area contributed by atoms with E-state index >= 15 is 0 Å². The number of likely N-dealkylation sites (tertiary alicyclic amines) is 1. The van der Waals surface area contributed by atoms with Crippen LogP contribution in [-0.2, 0) is 13.0 Å². The van der Waals surface area contributed by atoms with E-state index in [1.54, 1.807) is 7.11 Å². The van der Waals surface area contributed by atoms with Crippen LogP contribution in [0.15, 0.2) is 24.3 Å². The van der Waals surface area contributed by atoms with Gasteiger partial charge in [0.05, 0.1) is 13.2 Å². The molecule has 0 spiro atoms. The van der Waals surface area contributed by atoms with Crippen LogP contribution in [0.3, 0.4) is 0 Å². The predicted octanol–water partition coefficient (Wildman–Crippen LogP) is 2.21. The quantitative estimate of drug-likeness (QED) is 0.871. The van der Waals surface area contributed by atoms with E-state index < -0.39 is 0 Å². The predicted molar refractivity (Wildman–Crippen MR) is 83.9 cm³/mol. The fraction of sp³-hybridized carbons (Fsp3) is 0.529. The first kappa shape index (κ1) is 13.8. The summed E-state index contributed by atoms with van der Waals surface area (Å²) in [6, 6.07) is 8.96. The van der Waals surface area contributed by atoms with Gasteiger partial charge in [-0.05, 0) is 37.0 Å². The average molecular weight is 298 g/mol. The number of aryl methyl sites for hydroxylation is 2. The first-order valence-electron chi connectivity index (χ1n) is 8.00. The highest BCUT2D eigenvalue weighted by atomic mass is 16.5. The smallest absolute Gasteiger partial charge is 0.133 e. The first-order chi connectivity index (χ1) is 10.7. The molecule has 2 aliphatic heterocycles. The number of aromatic nitrogens is 3. The molecule has 0 amide bonds. The summed E-state index contributed by atoms with van der Waals surface area (Å²) in [5, 5.41) is 8.59. The van der Waals surface area contributed by atoms with E-state index in [-0.39, 0.29) is 0 Å². The van der Waals surface area contributed by atoms with Gasteiger partial charge in [0.15, 0.2) is 0 Å².